The van der Waals surface area contributed by atoms with Gasteiger partial charge in [-0.05, 0) is 30.8 Å². The third kappa shape index (κ3) is 11.0. The molecule has 12 nitrogen and oxygen atoms in total. The summed E-state index contributed by atoms with van der Waals surface area (Å²) in [6.45, 7) is 2.71. The number of carboxylic acid groups (broad SMARTS) is 1. The van der Waals surface area contributed by atoms with Gasteiger partial charge in [0.25, 0.3) is 0 Å². The Morgan fingerprint density at radius 1 is 0.903 bits per heavy atom. The van der Waals surface area contributed by atoms with Crippen molar-refractivity contribution in [2.45, 2.75) is 57.3 Å². The van der Waals surface area contributed by atoms with E-state index in [2.05, 4.69) is 16.0 Å². The number of thioether (sulfide) groups is 1. The van der Waals surface area contributed by atoms with E-state index in [4.69, 9.17) is 11.5 Å². The van der Waals surface area contributed by atoms with Crippen LogP contribution in [0.15, 0.2) is 0 Å². The van der Waals surface area contributed by atoms with E-state index in [1.807, 2.05) is 0 Å². The molecular weight excluding hydrogens is 430 g/mol. The van der Waals surface area contributed by atoms with Crippen LogP contribution in [0, 0.1) is 5.92 Å². The number of carboxylic acids is 1. The molecule has 4 amide bonds. The van der Waals surface area contributed by atoms with Crippen LogP contribution in [0.1, 0.15) is 33.1 Å². The summed E-state index contributed by atoms with van der Waals surface area (Å²) in [5.41, 5.74) is 10.8. The molecule has 13 heteroatoms. The van der Waals surface area contributed by atoms with Crippen molar-refractivity contribution >= 4 is 41.4 Å². The number of aliphatic hydroxyl groups excluding tert-OH is 1. The van der Waals surface area contributed by atoms with E-state index in [9.17, 15) is 34.2 Å². The molecule has 4 unspecified atom stereocenters. The molecule has 31 heavy (non-hydrogen) atoms. The highest BCUT2D eigenvalue weighted by atomic mass is 32.2. The monoisotopic (exact) mass is 463 g/mol. The van der Waals surface area contributed by atoms with Crippen molar-refractivity contribution < 1.29 is 34.2 Å². The largest absolute Gasteiger partial charge is 0.480 e. The molecule has 0 aliphatic carbocycles. The van der Waals surface area contributed by atoms with Gasteiger partial charge in [-0.25, -0.2) is 4.79 Å². The van der Waals surface area contributed by atoms with Gasteiger partial charge >= 0.3 is 5.97 Å². The predicted molar refractivity (Wildman–Crippen MR) is 115 cm³/mol. The van der Waals surface area contributed by atoms with Gasteiger partial charge in [-0.3, -0.25) is 19.2 Å². The summed E-state index contributed by atoms with van der Waals surface area (Å²) >= 11 is 1.40. The molecule has 0 aliphatic rings. The van der Waals surface area contributed by atoms with Gasteiger partial charge in [-0.2, -0.15) is 11.8 Å². The standard InChI is InChI=1S/C18H33N5O7S/c1-9(2)14(20)17(28)23-12(8-24)16(27)21-10(6-7-31-3)15(26)22-11(18(29)30)4-5-13(19)25/h9-12,14,24H,4-8,20H2,1-3H3,(H2,19,25)(H,21,27)(H,22,26)(H,23,28)(H,29,30). The normalized spacial score (nSPS) is 14.8. The highest BCUT2D eigenvalue weighted by Gasteiger charge is 2.30. The molecule has 0 saturated heterocycles. The first-order valence-electron chi connectivity index (χ1n) is 9.72. The Morgan fingerprint density at radius 3 is 1.87 bits per heavy atom. The van der Waals surface area contributed by atoms with Crippen LogP contribution in [0.25, 0.3) is 0 Å². The van der Waals surface area contributed by atoms with E-state index in [0.717, 1.165) is 0 Å². The smallest absolute Gasteiger partial charge is 0.326 e. The summed E-state index contributed by atoms with van der Waals surface area (Å²) in [5, 5.41) is 25.8. The first-order chi connectivity index (χ1) is 14.4. The Balaban J connectivity index is 5.24. The summed E-state index contributed by atoms with van der Waals surface area (Å²) in [7, 11) is 0. The molecule has 9 N–H and O–H groups in total. The van der Waals surface area contributed by atoms with E-state index in [1.165, 1.54) is 11.8 Å². The first kappa shape index (κ1) is 28.6. The van der Waals surface area contributed by atoms with E-state index in [0.29, 0.717) is 5.75 Å². The molecule has 0 aromatic carbocycles. The zero-order valence-corrected chi connectivity index (χ0v) is 18.7. The SMILES string of the molecule is CSCCC(NC(=O)C(CO)NC(=O)C(N)C(C)C)C(=O)NC(CCC(N)=O)C(=O)O. The molecular formula is C18H33N5O7S. The Kier molecular flexibility index (Phi) is 13.5. The zero-order chi connectivity index (χ0) is 24.1. The average Bonchev–Trinajstić information content (AvgIpc) is 2.70. The number of hydrogen-bond acceptors (Lipinski definition) is 8. The molecule has 0 rings (SSSR count). The number of primary amides is 1. The van der Waals surface area contributed by atoms with Gasteiger partial charge in [0.15, 0.2) is 0 Å². The van der Waals surface area contributed by atoms with Gasteiger partial charge in [0.05, 0.1) is 12.6 Å². The third-order valence-corrected chi connectivity index (χ3v) is 5.02. The average molecular weight is 464 g/mol. The van der Waals surface area contributed by atoms with Crippen LogP contribution in [0.3, 0.4) is 0 Å². The Hall–Kier alpha value is -2.38. The summed E-state index contributed by atoms with van der Waals surface area (Å²) in [6, 6.07) is -4.72. The lowest BCUT2D eigenvalue weighted by atomic mass is 10.0. The van der Waals surface area contributed by atoms with Crippen LogP contribution < -0.4 is 27.4 Å². The molecule has 0 radical (unpaired) electrons. The second kappa shape index (κ2) is 14.6. The Bertz CT molecular complexity index is 647. The number of amides is 4. The second-order valence-corrected chi connectivity index (χ2v) is 8.25. The third-order valence-electron chi connectivity index (χ3n) is 4.37. The second-order valence-electron chi connectivity index (χ2n) is 7.26. The fourth-order valence-corrected chi connectivity index (χ4v) is 2.83. The van der Waals surface area contributed by atoms with Gasteiger partial charge in [0.1, 0.15) is 18.1 Å². The van der Waals surface area contributed by atoms with E-state index in [1.54, 1.807) is 20.1 Å². The maximum absolute atomic E-state index is 12.6. The molecule has 0 aliphatic heterocycles. The topological polar surface area (TPSA) is 214 Å². The predicted octanol–water partition coefficient (Wildman–Crippen LogP) is -2.48. The molecule has 0 fully saturated rings. The van der Waals surface area contributed by atoms with Crippen LogP contribution in [-0.2, 0) is 24.0 Å². The van der Waals surface area contributed by atoms with Crippen molar-refractivity contribution in [3.63, 3.8) is 0 Å². The molecule has 4 atom stereocenters. The Morgan fingerprint density at radius 2 is 1.42 bits per heavy atom. The highest BCUT2D eigenvalue weighted by molar-refractivity contribution is 7.98. The van der Waals surface area contributed by atoms with Crippen molar-refractivity contribution in [2.24, 2.45) is 17.4 Å². The lowest BCUT2D eigenvalue weighted by Gasteiger charge is -2.24. The molecule has 0 aromatic rings. The number of nitrogens with one attached hydrogen (secondary N) is 3. The number of aliphatic carboxylic acids is 1. The van der Waals surface area contributed by atoms with Crippen LogP contribution in [-0.4, -0.2) is 82.6 Å². The molecule has 0 spiro atoms. The lowest BCUT2D eigenvalue weighted by molar-refractivity contribution is -0.142. The van der Waals surface area contributed by atoms with Crippen LogP contribution in [0.4, 0.5) is 0 Å². The van der Waals surface area contributed by atoms with E-state index < -0.39 is 60.4 Å². The number of carbonyl (C=O) groups is 5. The van der Waals surface area contributed by atoms with E-state index in [-0.39, 0.29) is 25.2 Å². The first-order valence-corrected chi connectivity index (χ1v) is 11.1. The number of aliphatic hydroxyl groups is 1. The van der Waals surface area contributed by atoms with Gasteiger partial charge in [0.2, 0.25) is 23.6 Å². The maximum atomic E-state index is 12.6. The minimum atomic E-state index is -1.37. The van der Waals surface area contributed by atoms with Gasteiger partial charge in [-0.15, -0.1) is 0 Å². The summed E-state index contributed by atoms with van der Waals surface area (Å²) in [4.78, 5) is 59.5. The summed E-state index contributed by atoms with van der Waals surface area (Å²) < 4.78 is 0. The van der Waals surface area contributed by atoms with Crippen LogP contribution >= 0.6 is 11.8 Å². The van der Waals surface area contributed by atoms with Gasteiger partial charge in [0, 0.05) is 6.42 Å². The van der Waals surface area contributed by atoms with Gasteiger partial charge in [-0.1, -0.05) is 13.8 Å². The minimum Gasteiger partial charge on any atom is -0.480 e. The summed E-state index contributed by atoms with van der Waals surface area (Å²) in [6.07, 6.45) is 1.50. The molecule has 0 saturated carbocycles. The summed E-state index contributed by atoms with van der Waals surface area (Å²) in [5.74, 6) is -4.03. The number of rotatable bonds is 15. The maximum Gasteiger partial charge on any atom is 0.326 e. The zero-order valence-electron chi connectivity index (χ0n) is 17.9. The fraction of sp³-hybridized carbons (Fsp3) is 0.722. The quantitative estimate of drug-likeness (QED) is 0.137. The van der Waals surface area contributed by atoms with Crippen molar-refractivity contribution in [3.05, 3.63) is 0 Å². The van der Waals surface area contributed by atoms with Crippen LogP contribution in [0.2, 0.25) is 0 Å². The molecule has 0 bridgehead atoms. The highest BCUT2D eigenvalue weighted by Crippen LogP contribution is 2.05. The van der Waals surface area contributed by atoms with Crippen molar-refractivity contribution in [3.8, 4) is 0 Å². The number of nitrogens with two attached hydrogens (primary N) is 2. The molecule has 178 valence electrons. The lowest BCUT2D eigenvalue weighted by Crippen LogP contribution is -2.58. The van der Waals surface area contributed by atoms with Crippen molar-refractivity contribution in [1.82, 2.24) is 16.0 Å². The van der Waals surface area contributed by atoms with E-state index >= 15 is 0 Å². The molecule has 0 aromatic heterocycles. The number of hydrogen-bond donors (Lipinski definition) is 7. The van der Waals surface area contributed by atoms with Crippen molar-refractivity contribution in [2.75, 3.05) is 18.6 Å². The fourth-order valence-electron chi connectivity index (χ4n) is 2.36. The van der Waals surface area contributed by atoms with Crippen molar-refractivity contribution in [1.29, 1.82) is 0 Å². The minimum absolute atomic E-state index is 0.165. The van der Waals surface area contributed by atoms with Gasteiger partial charge < -0.3 is 37.6 Å². The number of carbonyl (C=O) groups excluding carboxylic acids is 4. The Labute approximate surface area is 185 Å². The molecule has 0 heterocycles. The van der Waals surface area contributed by atoms with Crippen LogP contribution in [0.5, 0.6) is 0 Å².